The van der Waals surface area contributed by atoms with Gasteiger partial charge in [0.15, 0.2) is 6.10 Å². The van der Waals surface area contributed by atoms with Crippen LogP contribution in [0.5, 0.6) is 5.75 Å². The first kappa shape index (κ1) is 18.0. The first-order valence-electron chi connectivity index (χ1n) is 8.89. The number of benzene rings is 2. The van der Waals surface area contributed by atoms with Gasteiger partial charge in [0.2, 0.25) is 5.91 Å². The molecule has 3 rings (SSSR count). The van der Waals surface area contributed by atoms with Gasteiger partial charge >= 0.3 is 0 Å². The summed E-state index contributed by atoms with van der Waals surface area (Å²) < 4.78 is 5.79. The fraction of sp³-hybridized carbons (Fsp3) is 0.333. The molecule has 0 unspecified atom stereocenters. The molecule has 1 aliphatic rings. The summed E-state index contributed by atoms with van der Waals surface area (Å²) in [5, 5.41) is 2.85. The van der Waals surface area contributed by atoms with Crippen molar-refractivity contribution in [3.05, 3.63) is 53.6 Å². The minimum Gasteiger partial charge on any atom is -0.481 e. The number of nitrogens with one attached hydrogen (secondary N) is 1. The summed E-state index contributed by atoms with van der Waals surface area (Å²) in [7, 11) is 0. The van der Waals surface area contributed by atoms with Gasteiger partial charge in [-0.2, -0.15) is 0 Å². The lowest BCUT2D eigenvalue weighted by Gasteiger charge is -2.18. The Balaban J connectivity index is 1.61. The molecule has 1 heterocycles. The number of hydrogen-bond acceptors (Lipinski definition) is 3. The third-order valence-electron chi connectivity index (χ3n) is 4.52. The molecule has 136 valence electrons. The van der Waals surface area contributed by atoms with E-state index in [4.69, 9.17) is 4.74 Å². The van der Waals surface area contributed by atoms with E-state index in [0.717, 1.165) is 29.8 Å². The van der Waals surface area contributed by atoms with Crippen molar-refractivity contribution in [2.75, 3.05) is 16.8 Å². The van der Waals surface area contributed by atoms with E-state index >= 15 is 0 Å². The van der Waals surface area contributed by atoms with Crippen LogP contribution in [0.3, 0.4) is 0 Å². The van der Waals surface area contributed by atoms with E-state index < -0.39 is 6.10 Å². The average molecular weight is 352 g/mol. The molecule has 0 saturated carbocycles. The van der Waals surface area contributed by atoms with Gasteiger partial charge in [0.1, 0.15) is 5.75 Å². The summed E-state index contributed by atoms with van der Waals surface area (Å²) in [5.74, 6) is 0.647. The molecule has 0 spiro atoms. The van der Waals surface area contributed by atoms with Crippen molar-refractivity contribution in [2.45, 2.75) is 39.7 Å². The van der Waals surface area contributed by atoms with E-state index in [1.54, 1.807) is 11.8 Å². The van der Waals surface area contributed by atoms with Crippen LogP contribution in [0, 0.1) is 13.8 Å². The predicted octanol–water partition coefficient (Wildman–Crippen LogP) is 3.84. The maximum atomic E-state index is 12.4. The monoisotopic (exact) mass is 352 g/mol. The fourth-order valence-corrected chi connectivity index (χ4v) is 3.07. The smallest absolute Gasteiger partial charge is 0.265 e. The van der Waals surface area contributed by atoms with E-state index in [1.165, 1.54) is 0 Å². The molecular formula is C21H24N2O3. The number of ether oxygens (including phenoxy) is 1. The quantitative estimate of drug-likeness (QED) is 0.889. The molecule has 1 atom stereocenters. The van der Waals surface area contributed by atoms with Gasteiger partial charge in [-0.3, -0.25) is 9.59 Å². The highest BCUT2D eigenvalue weighted by molar-refractivity contribution is 5.96. The number of carbonyl (C=O) groups is 2. The predicted molar refractivity (Wildman–Crippen MR) is 103 cm³/mol. The van der Waals surface area contributed by atoms with Crippen molar-refractivity contribution in [3.8, 4) is 5.75 Å². The number of amides is 2. The van der Waals surface area contributed by atoms with E-state index in [-0.39, 0.29) is 11.8 Å². The van der Waals surface area contributed by atoms with Gasteiger partial charge in [-0.1, -0.05) is 17.7 Å². The van der Waals surface area contributed by atoms with Crippen molar-refractivity contribution < 1.29 is 14.3 Å². The van der Waals surface area contributed by atoms with Gasteiger partial charge < -0.3 is 15.0 Å². The van der Waals surface area contributed by atoms with Crippen LogP contribution in [0.1, 0.15) is 30.9 Å². The Bertz CT molecular complexity index is 815. The van der Waals surface area contributed by atoms with E-state index in [2.05, 4.69) is 5.32 Å². The topological polar surface area (TPSA) is 58.6 Å². The summed E-state index contributed by atoms with van der Waals surface area (Å²) in [6, 6.07) is 13.2. The van der Waals surface area contributed by atoms with Crippen molar-refractivity contribution in [2.24, 2.45) is 0 Å². The van der Waals surface area contributed by atoms with Crippen molar-refractivity contribution in [1.82, 2.24) is 0 Å². The molecular weight excluding hydrogens is 328 g/mol. The first-order chi connectivity index (χ1) is 12.4. The highest BCUT2D eigenvalue weighted by Crippen LogP contribution is 2.24. The Morgan fingerprint density at radius 2 is 1.88 bits per heavy atom. The second kappa shape index (κ2) is 7.60. The Labute approximate surface area is 154 Å². The molecule has 1 saturated heterocycles. The van der Waals surface area contributed by atoms with Crippen LogP contribution in [-0.2, 0) is 9.59 Å². The largest absolute Gasteiger partial charge is 0.481 e. The van der Waals surface area contributed by atoms with E-state index in [0.29, 0.717) is 17.9 Å². The molecule has 0 aliphatic carbocycles. The number of anilines is 2. The van der Waals surface area contributed by atoms with Crippen LogP contribution in [0.15, 0.2) is 42.5 Å². The summed E-state index contributed by atoms with van der Waals surface area (Å²) in [6.45, 7) is 6.47. The van der Waals surface area contributed by atoms with Crippen LogP contribution in [0.2, 0.25) is 0 Å². The van der Waals surface area contributed by atoms with Gasteiger partial charge in [-0.05, 0) is 63.1 Å². The summed E-state index contributed by atoms with van der Waals surface area (Å²) >= 11 is 0. The molecule has 0 aromatic heterocycles. The Morgan fingerprint density at radius 1 is 1.15 bits per heavy atom. The van der Waals surface area contributed by atoms with Gasteiger partial charge in [0, 0.05) is 24.3 Å². The van der Waals surface area contributed by atoms with Crippen molar-refractivity contribution in [1.29, 1.82) is 0 Å². The van der Waals surface area contributed by atoms with E-state index in [1.807, 2.05) is 56.3 Å². The molecule has 2 aromatic carbocycles. The highest BCUT2D eigenvalue weighted by Gasteiger charge is 2.21. The molecule has 5 heteroatoms. The van der Waals surface area contributed by atoms with Crippen LogP contribution in [-0.4, -0.2) is 24.5 Å². The van der Waals surface area contributed by atoms with Gasteiger partial charge in [-0.15, -0.1) is 0 Å². The Kier molecular flexibility index (Phi) is 5.26. The molecule has 0 radical (unpaired) electrons. The molecule has 1 N–H and O–H groups in total. The second-order valence-electron chi connectivity index (χ2n) is 6.71. The van der Waals surface area contributed by atoms with Crippen LogP contribution < -0.4 is 15.0 Å². The highest BCUT2D eigenvalue weighted by atomic mass is 16.5. The van der Waals surface area contributed by atoms with E-state index in [9.17, 15) is 9.59 Å². The molecule has 0 bridgehead atoms. The van der Waals surface area contributed by atoms with Crippen molar-refractivity contribution in [3.63, 3.8) is 0 Å². The number of rotatable bonds is 5. The van der Waals surface area contributed by atoms with Crippen LogP contribution in [0.25, 0.3) is 0 Å². The van der Waals surface area contributed by atoms with Gasteiger partial charge in [-0.25, -0.2) is 0 Å². The average Bonchev–Trinajstić information content (AvgIpc) is 3.04. The molecule has 2 aromatic rings. The Hall–Kier alpha value is -2.82. The number of nitrogens with zero attached hydrogens (tertiary/aromatic N) is 1. The number of carbonyl (C=O) groups excluding carboxylic acids is 2. The summed E-state index contributed by atoms with van der Waals surface area (Å²) in [6.07, 6.45) is 0.882. The molecule has 26 heavy (non-hydrogen) atoms. The van der Waals surface area contributed by atoms with Crippen molar-refractivity contribution >= 4 is 23.2 Å². The lowest BCUT2D eigenvalue weighted by molar-refractivity contribution is -0.122. The first-order valence-corrected chi connectivity index (χ1v) is 8.89. The fourth-order valence-electron chi connectivity index (χ4n) is 3.07. The SMILES string of the molecule is Cc1ccc(O[C@@H](C)C(=O)Nc2ccc(N3CCCC3=O)cc2)c(C)c1. The normalized spacial score (nSPS) is 15.0. The molecule has 2 amide bonds. The summed E-state index contributed by atoms with van der Waals surface area (Å²) in [5.41, 5.74) is 3.71. The summed E-state index contributed by atoms with van der Waals surface area (Å²) in [4.78, 5) is 26.0. The second-order valence-corrected chi connectivity index (χ2v) is 6.71. The maximum absolute atomic E-state index is 12.4. The lowest BCUT2D eigenvalue weighted by atomic mass is 10.1. The van der Waals surface area contributed by atoms with Crippen LogP contribution in [0.4, 0.5) is 11.4 Å². The third kappa shape index (κ3) is 4.04. The van der Waals surface area contributed by atoms with Crippen LogP contribution >= 0.6 is 0 Å². The Morgan fingerprint density at radius 3 is 2.50 bits per heavy atom. The zero-order valence-electron chi connectivity index (χ0n) is 15.4. The molecule has 1 aliphatic heterocycles. The zero-order chi connectivity index (χ0) is 18.7. The molecule has 1 fully saturated rings. The minimum absolute atomic E-state index is 0.150. The third-order valence-corrected chi connectivity index (χ3v) is 4.52. The maximum Gasteiger partial charge on any atom is 0.265 e. The molecule has 5 nitrogen and oxygen atoms in total. The lowest BCUT2D eigenvalue weighted by Crippen LogP contribution is -2.30. The number of hydrogen-bond donors (Lipinski definition) is 1. The van der Waals surface area contributed by atoms with Gasteiger partial charge in [0.25, 0.3) is 5.91 Å². The zero-order valence-corrected chi connectivity index (χ0v) is 15.4. The van der Waals surface area contributed by atoms with Gasteiger partial charge in [0.05, 0.1) is 0 Å². The minimum atomic E-state index is -0.615. The standard InChI is InChI=1S/C21H24N2O3/c1-14-6-11-19(15(2)13-14)26-16(3)21(25)22-17-7-9-18(10-8-17)23-12-4-5-20(23)24/h6-11,13,16H,4-5,12H2,1-3H3,(H,22,25)/t16-/m0/s1. The number of aryl methyl sites for hydroxylation is 2.